The number of halogens is 1. The van der Waals surface area contributed by atoms with Gasteiger partial charge in [-0.2, -0.15) is 4.98 Å². The van der Waals surface area contributed by atoms with Gasteiger partial charge >= 0.3 is 0 Å². The van der Waals surface area contributed by atoms with Gasteiger partial charge in [-0.3, -0.25) is 0 Å². The van der Waals surface area contributed by atoms with Crippen molar-refractivity contribution in [3.8, 4) is 6.01 Å². The van der Waals surface area contributed by atoms with Gasteiger partial charge in [0.05, 0.1) is 10.5 Å². The normalized spacial score (nSPS) is 10.9. The molecule has 0 saturated heterocycles. The number of pyridine rings is 1. The highest BCUT2D eigenvalue weighted by molar-refractivity contribution is 6.33. The van der Waals surface area contributed by atoms with Crippen LogP contribution in [-0.4, -0.2) is 27.1 Å². The molecule has 20 heavy (non-hydrogen) atoms. The van der Waals surface area contributed by atoms with Crippen LogP contribution in [0.3, 0.4) is 0 Å². The van der Waals surface area contributed by atoms with Crippen molar-refractivity contribution in [1.82, 2.24) is 15.0 Å². The van der Waals surface area contributed by atoms with Crippen LogP contribution >= 0.6 is 11.6 Å². The fraction of sp³-hybridized carbons (Fsp3) is 0.143. The van der Waals surface area contributed by atoms with Gasteiger partial charge in [0.15, 0.2) is 5.65 Å². The van der Waals surface area contributed by atoms with Crippen LogP contribution in [0.5, 0.6) is 6.01 Å². The summed E-state index contributed by atoms with van der Waals surface area (Å²) < 4.78 is 0. The van der Waals surface area contributed by atoms with E-state index >= 15 is 0 Å². The predicted molar refractivity (Wildman–Crippen MR) is 79.1 cm³/mol. The van der Waals surface area contributed by atoms with Crippen LogP contribution < -0.4 is 4.90 Å². The van der Waals surface area contributed by atoms with Crippen molar-refractivity contribution in [2.24, 2.45) is 0 Å². The number of nitrogens with zero attached hydrogens (tertiary/aromatic N) is 3. The third-order valence-electron chi connectivity index (χ3n) is 3.02. The molecule has 0 bridgehead atoms. The van der Waals surface area contributed by atoms with Crippen molar-refractivity contribution in [2.45, 2.75) is 6.54 Å². The number of H-pyrrole nitrogens is 1. The fourth-order valence-electron chi connectivity index (χ4n) is 2.10. The van der Waals surface area contributed by atoms with Gasteiger partial charge in [-0.25, -0.2) is 4.98 Å². The van der Waals surface area contributed by atoms with Crippen LogP contribution in [0, 0.1) is 0 Å². The molecule has 1 aromatic carbocycles. The largest absolute Gasteiger partial charge is 0.480 e. The summed E-state index contributed by atoms with van der Waals surface area (Å²) in [4.78, 5) is 12.9. The smallest absolute Gasteiger partial charge is 0.293 e. The number of aromatic hydroxyl groups is 1. The Morgan fingerprint density at radius 3 is 2.75 bits per heavy atom. The number of fused-ring (bicyclic) bond motifs is 1. The molecule has 0 radical (unpaired) electrons. The number of anilines is 1. The molecule has 0 unspecified atom stereocenters. The zero-order valence-corrected chi connectivity index (χ0v) is 11.6. The molecule has 3 rings (SSSR count). The third-order valence-corrected chi connectivity index (χ3v) is 3.30. The Balaban J connectivity index is 1.94. The summed E-state index contributed by atoms with van der Waals surface area (Å²) in [5.74, 6) is 0.634. The lowest BCUT2D eigenvalue weighted by Gasteiger charge is -2.19. The summed E-state index contributed by atoms with van der Waals surface area (Å²) in [5.41, 5.74) is 2.23. The molecule has 6 heteroatoms. The van der Waals surface area contributed by atoms with Gasteiger partial charge in [0.25, 0.3) is 6.01 Å². The van der Waals surface area contributed by atoms with Gasteiger partial charge in [0.1, 0.15) is 5.82 Å². The summed E-state index contributed by atoms with van der Waals surface area (Å²) in [7, 11) is 1.92. The zero-order valence-electron chi connectivity index (χ0n) is 10.8. The van der Waals surface area contributed by atoms with Crippen LogP contribution in [0.25, 0.3) is 11.2 Å². The molecular weight excluding hydrogens is 276 g/mol. The second-order valence-corrected chi connectivity index (χ2v) is 4.97. The Morgan fingerprint density at radius 2 is 2.00 bits per heavy atom. The van der Waals surface area contributed by atoms with E-state index in [-0.39, 0.29) is 6.01 Å². The topological polar surface area (TPSA) is 65.0 Å². The van der Waals surface area contributed by atoms with Crippen LogP contribution in [0.2, 0.25) is 5.02 Å². The molecule has 0 spiro atoms. The van der Waals surface area contributed by atoms with Gasteiger partial charge in [-0.1, -0.05) is 41.9 Å². The third kappa shape index (κ3) is 2.40. The van der Waals surface area contributed by atoms with Gasteiger partial charge in [-0.05, 0) is 11.6 Å². The quantitative estimate of drug-likeness (QED) is 0.778. The van der Waals surface area contributed by atoms with Gasteiger partial charge < -0.3 is 15.0 Å². The number of rotatable bonds is 3. The Morgan fingerprint density at radius 1 is 1.25 bits per heavy atom. The maximum Gasteiger partial charge on any atom is 0.293 e. The van der Waals surface area contributed by atoms with E-state index in [4.69, 9.17) is 11.6 Å². The van der Waals surface area contributed by atoms with Crippen molar-refractivity contribution in [2.75, 3.05) is 11.9 Å². The lowest BCUT2D eigenvalue weighted by atomic mass is 10.2. The number of hydrogen-bond donors (Lipinski definition) is 2. The number of benzene rings is 1. The summed E-state index contributed by atoms with van der Waals surface area (Å²) in [5, 5.41) is 9.86. The molecule has 0 aliphatic heterocycles. The highest BCUT2D eigenvalue weighted by Crippen LogP contribution is 2.27. The van der Waals surface area contributed by atoms with Crippen LogP contribution in [0.1, 0.15) is 5.56 Å². The maximum absolute atomic E-state index is 9.35. The molecule has 5 nitrogen and oxygen atoms in total. The van der Waals surface area contributed by atoms with Crippen LogP contribution in [0.15, 0.2) is 36.4 Å². The number of imidazole rings is 1. The average molecular weight is 289 g/mol. The molecule has 0 fully saturated rings. The molecular formula is C14H13ClN4O. The molecule has 0 aliphatic rings. The SMILES string of the molecule is CN(Cc1ccccc1)c1nc2nc(O)[nH]c2cc1Cl. The predicted octanol–water partition coefficient (Wildman–Crippen LogP) is 2.95. The summed E-state index contributed by atoms with van der Waals surface area (Å²) in [6, 6.07) is 11.6. The van der Waals surface area contributed by atoms with Crippen LogP contribution in [-0.2, 0) is 6.54 Å². The minimum Gasteiger partial charge on any atom is -0.480 e. The van der Waals surface area contributed by atoms with Crippen LogP contribution in [0.4, 0.5) is 5.82 Å². The van der Waals surface area contributed by atoms with E-state index in [0.717, 1.165) is 5.56 Å². The first-order valence-electron chi connectivity index (χ1n) is 6.14. The van der Waals surface area contributed by atoms with E-state index < -0.39 is 0 Å². The fourth-order valence-corrected chi connectivity index (χ4v) is 2.39. The molecule has 2 aromatic heterocycles. The second kappa shape index (κ2) is 5.02. The minimum absolute atomic E-state index is 0.161. The second-order valence-electron chi connectivity index (χ2n) is 4.57. The number of nitrogens with one attached hydrogen (secondary N) is 1. The van der Waals surface area contributed by atoms with E-state index in [2.05, 4.69) is 15.0 Å². The highest BCUT2D eigenvalue weighted by Gasteiger charge is 2.12. The standard InChI is InChI=1S/C14H13ClN4O/c1-19(8-9-5-3-2-4-6-9)13-10(15)7-11-12(17-13)18-14(20)16-11/h2-7H,8H2,1H3,(H2,16,17,18,20). The number of aromatic amines is 1. The zero-order chi connectivity index (χ0) is 14.1. The summed E-state index contributed by atoms with van der Waals surface area (Å²) >= 11 is 6.24. The Kier molecular flexibility index (Phi) is 3.20. The minimum atomic E-state index is -0.161. The molecule has 102 valence electrons. The van der Waals surface area contributed by atoms with E-state index in [1.807, 2.05) is 42.3 Å². The Labute approximate surface area is 120 Å². The number of aromatic nitrogens is 3. The molecule has 0 saturated carbocycles. The summed E-state index contributed by atoms with van der Waals surface area (Å²) in [6.07, 6.45) is 0. The lowest BCUT2D eigenvalue weighted by molar-refractivity contribution is 0.438. The first kappa shape index (κ1) is 12.7. The molecule has 0 amide bonds. The Hall–Kier alpha value is -2.27. The van der Waals surface area contributed by atoms with Gasteiger partial charge in [0.2, 0.25) is 0 Å². The van der Waals surface area contributed by atoms with E-state index in [1.54, 1.807) is 6.07 Å². The van der Waals surface area contributed by atoms with Crippen molar-refractivity contribution >= 4 is 28.6 Å². The highest BCUT2D eigenvalue weighted by atomic mass is 35.5. The van der Waals surface area contributed by atoms with Crippen molar-refractivity contribution in [3.63, 3.8) is 0 Å². The molecule has 0 atom stereocenters. The van der Waals surface area contributed by atoms with Crippen molar-refractivity contribution in [3.05, 3.63) is 47.0 Å². The number of hydrogen-bond acceptors (Lipinski definition) is 4. The molecule has 3 aromatic rings. The molecule has 2 N–H and O–H groups in total. The summed E-state index contributed by atoms with van der Waals surface area (Å²) in [6.45, 7) is 0.690. The molecule has 2 heterocycles. The maximum atomic E-state index is 9.35. The molecule has 0 aliphatic carbocycles. The van der Waals surface area contributed by atoms with E-state index in [0.29, 0.717) is 28.5 Å². The first-order chi connectivity index (χ1) is 9.63. The van der Waals surface area contributed by atoms with Gasteiger partial charge in [0, 0.05) is 13.6 Å². The van der Waals surface area contributed by atoms with Crippen molar-refractivity contribution < 1.29 is 5.11 Å². The average Bonchev–Trinajstić information content (AvgIpc) is 2.78. The monoisotopic (exact) mass is 288 g/mol. The Bertz CT molecular complexity index is 742. The van der Waals surface area contributed by atoms with Gasteiger partial charge in [-0.15, -0.1) is 0 Å². The first-order valence-corrected chi connectivity index (χ1v) is 6.51. The lowest BCUT2D eigenvalue weighted by Crippen LogP contribution is -2.18. The van der Waals surface area contributed by atoms with Crippen molar-refractivity contribution in [1.29, 1.82) is 0 Å². The van der Waals surface area contributed by atoms with E-state index in [1.165, 1.54) is 0 Å². The van der Waals surface area contributed by atoms with E-state index in [9.17, 15) is 5.11 Å².